The molecule has 2 heterocycles. The van der Waals surface area contributed by atoms with Gasteiger partial charge in [-0.3, -0.25) is 9.59 Å². The third-order valence-electron chi connectivity index (χ3n) is 1.72. The molecule has 2 rings (SSSR count). The van der Waals surface area contributed by atoms with Crippen LogP contribution in [0.5, 0.6) is 0 Å². The van der Waals surface area contributed by atoms with Crippen LogP contribution in [-0.4, -0.2) is 16.1 Å². The smallest absolute Gasteiger partial charge is 0.292 e. The minimum atomic E-state index is -0.440. The third kappa shape index (κ3) is 2.37. The maximum absolute atomic E-state index is 11.6. The van der Waals surface area contributed by atoms with Gasteiger partial charge in [-0.25, -0.2) is 5.10 Å². The number of nitrogens with zero attached hydrogens (tertiary/aromatic N) is 1. The summed E-state index contributed by atoms with van der Waals surface area (Å²) in [6, 6.07) is 5.79. The van der Waals surface area contributed by atoms with Crippen molar-refractivity contribution in [2.75, 3.05) is 5.32 Å². The maximum atomic E-state index is 11.6. The minimum absolute atomic E-state index is 0.153. The summed E-state index contributed by atoms with van der Waals surface area (Å²) in [5, 5.41) is 8.29. The lowest BCUT2D eigenvalue weighted by Crippen LogP contribution is -2.15. The Kier molecular flexibility index (Phi) is 2.86. The zero-order valence-corrected chi connectivity index (χ0v) is 9.45. The van der Waals surface area contributed by atoms with Gasteiger partial charge in [-0.05, 0) is 34.1 Å². The fraction of sp³-hybridized carbons (Fsp3) is 0. The number of amides is 1. The summed E-state index contributed by atoms with van der Waals surface area (Å²) in [4.78, 5) is 22.3. The van der Waals surface area contributed by atoms with E-state index in [0.29, 0.717) is 4.67 Å². The molecule has 0 saturated heterocycles. The lowest BCUT2D eigenvalue weighted by atomic mass is 10.4. The first-order chi connectivity index (χ1) is 7.65. The molecule has 1 amide bonds. The van der Waals surface area contributed by atoms with Crippen molar-refractivity contribution < 1.29 is 9.21 Å². The quantitative estimate of drug-likeness (QED) is 0.872. The van der Waals surface area contributed by atoms with Crippen molar-refractivity contribution >= 4 is 27.7 Å². The molecule has 16 heavy (non-hydrogen) atoms. The zero-order valence-electron chi connectivity index (χ0n) is 7.86. The highest BCUT2D eigenvalue weighted by atomic mass is 79.9. The first kappa shape index (κ1) is 10.6. The van der Waals surface area contributed by atoms with E-state index in [2.05, 4.69) is 31.4 Å². The average molecular weight is 284 g/mol. The van der Waals surface area contributed by atoms with Crippen molar-refractivity contribution in [3.63, 3.8) is 0 Å². The van der Waals surface area contributed by atoms with E-state index in [-0.39, 0.29) is 17.1 Å². The number of hydrogen-bond acceptors (Lipinski definition) is 4. The van der Waals surface area contributed by atoms with Crippen LogP contribution in [0.15, 0.2) is 38.1 Å². The van der Waals surface area contributed by atoms with Gasteiger partial charge < -0.3 is 9.73 Å². The van der Waals surface area contributed by atoms with Crippen LogP contribution in [0.4, 0.5) is 5.82 Å². The van der Waals surface area contributed by atoms with Gasteiger partial charge in [0.2, 0.25) is 0 Å². The van der Waals surface area contributed by atoms with Crippen molar-refractivity contribution in [2.45, 2.75) is 0 Å². The summed E-state index contributed by atoms with van der Waals surface area (Å²) >= 11 is 3.09. The largest absolute Gasteiger partial charge is 0.444 e. The van der Waals surface area contributed by atoms with Crippen molar-refractivity contribution in [1.29, 1.82) is 0 Å². The van der Waals surface area contributed by atoms with Crippen LogP contribution in [0.25, 0.3) is 0 Å². The van der Waals surface area contributed by atoms with Crippen LogP contribution in [0.1, 0.15) is 10.6 Å². The lowest BCUT2D eigenvalue weighted by molar-refractivity contribution is 0.0995. The number of aromatic nitrogens is 2. The number of carbonyl (C=O) groups excluding carboxylic acids is 1. The number of aromatic amines is 1. The van der Waals surface area contributed by atoms with E-state index in [1.165, 1.54) is 18.2 Å². The molecule has 6 nitrogen and oxygen atoms in total. The molecular formula is C9H6BrN3O3. The fourth-order valence-corrected chi connectivity index (χ4v) is 1.33. The standard InChI is InChI=1S/C9H6BrN3O3/c10-6-2-1-5(16-6)9(15)11-7-3-4-8(14)13-12-7/h1-4H,(H,13,14)(H,11,12,15). The Morgan fingerprint density at radius 2 is 2.19 bits per heavy atom. The summed E-state index contributed by atoms with van der Waals surface area (Å²) in [6.07, 6.45) is 0. The summed E-state index contributed by atoms with van der Waals surface area (Å²) in [5.74, 6) is -0.0396. The molecule has 0 saturated carbocycles. The van der Waals surface area contributed by atoms with Crippen molar-refractivity contribution in [1.82, 2.24) is 10.2 Å². The Morgan fingerprint density at radius 3 is 2.75 bits per heavy atom. The fourth-order valence-electron chi connectivity index (χ4n) is 1.03. The number of furan rings is 1. The topological polar surface area (TPSA) is 88.0 Å². The molecule has 0 bridgehead atoms. The Balaban J connectivity index is 2.13. The number of H-pyrrole nitrogens is 1. The highest BCUT2D eigenvalue weighted by Crippen LogP contribution is 2.14. The zero-order chi connectivity index (χ0) is 11.5. The summed E-state index contributed by atoms with van der Waals surface area (Å²) in [5.41, 5.74) is -0.334. The Bertz CT molecular complexity index is 555. The number of carbonyl (C=O) groups is 1. The molecule has 2 N–H and O–H groups in total. The van der Waals surface area contributed by atoms with Gasteiger partial charge in [-0.15, -0.1) is 0 Å². The van der Waals surface area contributed by atoms with Crippen LogP contribution >= 0.6 is 15.9 Å². The van der Waals surface area contributed by atoms with E-state index in [1.54, 1.807) is 6.07 Å². The van der Waals surface area contributed by atoms with E-state index in [1.807, 2.05) is 0 Å². The van der Waals surface area contributed by atoms with Gasteiger partial charge in [-0.1, -0.05) is 0 Å². The second-order valence-corrected chi connectivity index (χ2v) is 3.65. The van der Waals surface area contributed by atoms with Gasteiger partial charge in [0.15, 0.2) is 16.2 Å². The van der Waals surface area contributed by atoms with Gasteiger partial charge in [0.05, 0.1) is 0 Å². The predicted octanol–water partition coefficient (Wildman–Crippen LogP) is 1.38. The molecule has 0 radical (unpaired) electrons. The summed E-state index contributed by atoms with van der Waals surface area (Å²) in [6.45, 7) is 0. The Hall–Kier alpha value is -1.89. The molecule has 0 fully saturated rings. The average Bonchev–Trinajstić information content (AvgIpc) is 2.68. The number of hydrogen-bond donors (Lipinski definition) is 2. The number of rotatable bonds is 2. The summed E-state index contributed by atoms with van der Waals surface area (Å²) in [7, 11) is 0. The number of nitrogens with one attached hydrogen (secondary N) is 2. The van der Waals surface area contributed by atoms with Crippen LogP contribution in [-0.2, 0) is 0 Å². The molecule has 2 aromatic heterocycles. The van der Waals surface area contributed by atoms with E-state index in [0.717, 1.165) is 0 Å². The first-order valence-corrected chi connectivity index (χ1v) is 5.07. The number of anilines is 1. The highest BCUT2D eigenvalue weighted by molar-refractivity contribution is 9.10. The van der Waals surface area contributed by atoms with E-state index < -0.39 is 5.91 Å². The molecule has 82 valence electrons. The van der Waals surface area contributed by atoms with Crippen LogP contribution in [0, 0.1) is 0 Å². The molecule has 0 aromatic carbocycles. The van der Waals surface area contributed by atoms with Crippen LogP contribution in [0.3, 0.4) is 0 Å². The SMILES string of the molecule is O=C(Nc1ccc(=O)[nH]n1)c1ccc(Br)o1. The monoisotopic (exact) mass is 283 g/mol. The molecular weight excluding hydrogens is 278 g/mol. The Labute approximate surface area is 97.8 Å². The molecule has 0 aliphatic rings. The van der Waals surface area contributed by atoms with Gasteiger partial charge in [0.1, 0.15) is 0 Å². The summed E-state index contributed by atoms with van der Waals surface area (Å²) < 4.78 is 5.51. The molecule has 0 aliphatic carbocycles. The minimum Gasteiger partial charge on any atom is -0.444 e. The second kappa shape index (κ2) is 4.31. The first-order valence-electron chi connectivity index (χ1n) is 4.27. The van der Waals surface area contributed by atoms with Gasteiger partial charge in [0.25, 0.3) is 11.5 Å². The predicted molar refractivity (Wildman–Crippen MR) is 59.2 cm³/mol. The molecule has 0 spiro atoms. The normalized spacial score (nSPS) is 10.1. The maximum Gasteiger partial charge on any atom is 0.292 e. The van der Waals surface area contributed by atoms with E-state index >= 15 is 0 Å². The third-order valence-corrected chi connectivity index (χ3v) is 2.14. The van der Waals surface area contributed by atoms with Crippen molar-refractivity contribution in [3.8, 4) is 0 Å². The van der Waals surface area contributed by atoms with Crippen LogP contribution < -0.4 is 10.9 Å². The van der Waals surface area contributed by atoms with E-state index in [9.17, 15) is 9.59 Å². The molecule has 2 aromatic rings. The molecule has 0 atom stereocenters. The molecule has 7 heteroatoms. The van der Waals surface area contributed by atoms with Crippen molar-refractivity contribution in [2.24, 2.45) is 0 Å². The number of halogens is 1. The second-order valence-electron chi connectivity index (χ2n) is 2.86. The Morgan fingerprint density at radius 1 is 1.38 bits per heavy atom. The lowest BCUT2D eigenvalue weighted by Gasteiger charge is -1.99. The van der Waals surface area contributed by atoms with Crippen LogP contribution in [0.2, 0.25) is 0 Å². The van der Waals surface area contributed by atoms with Crippen molar-refractivity contribution in [3.05, 3.63) is 45.0 Å². The van der Waals surface area contributed by atoms with Gasteiger partial charge in [-0.2, -0.15) is 5.10 Å². The van der Waals surface area contributed by atoms with Gasteiger partial charge in [0, 0.05) is 6.07 Å². The van der Waals surface area contributed by atoms with Gasteiger partial charge >= 0.3 is 0 Å². The van der Waals surface area contributed by atoms with E-state index in [4.69, 9.17) is 4.42 Å². The molecule has 0 aliphatic heterocycles. The molecule has 0 unspecified atom stereocenters. The highest BCUT2D eigenvalue weighted by Gasteiger charge is 2.10.